The minimum Gasteiger partial charge on any atom is -0.466 e. The van der Waals surface area contributed by atoms with E-state index < -0.39 is 17.9 Å². The summed E-state index contributed by atoms with van der Waals surface area (Å²) < 4.78 is 23.1. The van der Waals surface area contributed by atoms with E-state index in [2.05, 4.69) is 5.32 Å². The maximum atomic E-state index is 12.9. The summed E-state index contributed by atoms with van der Waals surface area (Å²) in [5.74, 6) is -0.811. The molecule has 0 saturated heterocycles. The van der Waals surface area contributed by atoms with Crippen LogP contribution in [-0.4, -0.2) is 31.4 Å². The molecule has 7 heteroatoms. The number of halogens is 1. The van der Waals surface area contributed by atoms with Gasteiger partial charge in [-0.15, -0.1) is 11.8 Å². The van der Waals surface area contributed by atoms with Crippen molar-refractivity contribution in [3.8, 4) is 0 Å². The highest BCUT2D eigenvalue weighted by molar-refractivity contribution is 7.99. The van der Waals surface area contributed by atoms with Gasteiger partial charge in [-0.2, -0.15) is 0 Å². The van der Waals surface area contributed by atoms with E-state index in [4.69, 9.17) is 9.47 Å². The normalized spacial score (nSPS) is 16.9. The number of nitrogens with one attached hydrogen (secondary N) is 1. The number of allylic oxidation sites excluding steroid dienone is 2. The molecule has 1 heterocycles. The van der Waals surface area contributed by atoms with E-state index in [0.29, 0.717) is 29.0 Å². The number of rotatable bonds is 7. The fourth-order valence-electron chi connectivity index (χ4n) is 3.00. The fraction of sp³-hybridized carbons (Fsp3) is 0.400. The van der Waals surface area contributed by atoms with E-state index in [1.807, 2.05) is 0 Å². The number of carbonyl (C=O) groups is 2. The molecule has 1 unspecified atom stereocenters. The lowest BCUT2D eigenvalue weighted by Gasteiger charge is -2.27. The molecule has 1 N–H and O–H groups in total. The lowest BCUT2D eigenvalue weighted by atomic mass is 9.87. The van der Waals surface area contributed by atoms with E-state index in [1.54, 1.807) is 44.7 Å². The van der Waals surface area contributed by atoms with E-state index in [1.165, 1.54) is 19.2 Å². The molecule has 1 aromatic carbocycles. The Balaban J connectivity index is 1.86. The van der Waals surface area contributed by atoms with Gasteiger partial charge < -0.3 is 14.8 Å². The molecule has 1 aliphatic rings. The van der Waals surface area contributed by atoms with Crippen LogP contribution in [0.4, 0.5) is 4.39 Å². The summed E-state index contributed by atoms with van der Waals surface area (Å²) in [6.45, 7) is 5.63. The lowest BCUT2D eigenvalue weighted by Crippen LogP contribution is -2.32. The van der Waals surface area contributed by atoms with Gasteiger partial charge in [0.1, 0.15) is 5.82 Å². The van der Waals surface area contributed by atoms with Crippen LogP contribution < -0.4 is 5.32 Å². The van der Waals surface area contributed by atoms with Crippen LogP contribution in [0.25, 0.3) is 0 Å². The Hall–Kier alpha value is -2.28. The molecule has 146 valence electrons. The second-order valence-corrected chi connectivity index (χ2v) is 7.38. The van der Waals surface area contributed by atoms with Crippen LogP contribution in [0.15, 0.2) is 51.7 Å². The highest BCUT2D eigenvalue weighted by Crippen LogP contribution is 2.30. The first kappa shape index (κ1) is 21.0. The molecule has 0 fully saturated rings. The average Bonchev–Trinajstić information content (AvgIpc) is 2.62. The van der Waals surface area contributed by atoms with E-state index >= 15 is 0 Å². The van der Waals surface area contributed by atoms with Crippen LogP contribution in [0.2, 0.25) is 0 Å². The van der Waals surface area contributed by atoms with E-state index in [9.17, 15) is 14.0 Å². The quantitative estimate of drug-likeness (QED) is 0.432. The van der Waals surface area contributed by atoms with Crippen LogP contribution >= 0.6 is 11.8 Å². The van der Waals surface area contributed by atoms with E-state index in [0.717, 1.165) is 10.6 Å². The molecule has 5 nitrogen and oxygen atoms in total. The molecule has 0 spiro atoms. The van der Waals surface area contributed by atoms with Crippen molar-refractivity contribution in [3.05, 3.63) is 52.6 Å². The third kappa shape index (κ3) is 5.35. The fourth-order valence-corrected chi connectivity index (χ4v) is 3.83. The molecular formula is C20H24FNO4S. The summed E-state index contributed by atoms with van der Waals surface area (Å²) in [7, 11) is 1.32. The van der Waals surface area contributed by atoms with Crippen molar-refractivity contribution in [3.63, 3.8) is 0 Å². The Kier molecular flexibility index (Phi) is 7.47. The number of dihydropyridines is 1. The van der Waals surface area contributed by atoms with Crippen LogP contribution in [0.1, 0.15) is 27.2 Å². The van der Waals surface area contributed by atoms with Crippen molar-refractivity contribution >= 4 is 23.7 Å². The molecule has 1 aromatic rings. The maximum absolute atomic E-state index is 12.9. The smallest absolute Gasteiger partial charge is 0.336 e. The van der Waals surface area contributed by atoms with Gasteiger partial charge in [0.15, 0.2) is 0 Å². The first-order valence-electron chi connectivity index (χ1n) is 8.67. The predicted molar refractivity (Wildman–Crippen MR) is 102 cm³/mol. The Bertz CT molecular complexity index is 771. The molecule has 0 amide bonds. The predicted octanol–water partition coefficient (Wildman–Crippen LogP) is 3.81. The Morgan fingerprint density at radius 3 is 2.30 bits per heavy atom. The highest BCUT2D eigenvalue weighted by Gasteiger charge is 2.33. The van der Waals surface area contributed by atoms with Crippen LogP contribution in [0.3, 0.4) is 0 Å². The molecule has 0 saturated carbocycles. The minimum absolute atomic E-state index is 0.261. The first-order valence-corrected chi connectivity index (χ1v) is 9.66. The van der Waals surface area contributed by atoms with Crippen molar-refractivity contribution in [1.29, 1.82) is 0 Å². The molecule has 1 aliphatic heterocycles. The largest absolute Gasteiger partial charge is 0.466 e. The molecular weight excluding hydrogens is 369 g/mol. The number of carbonyl (C=O) groups excluding carboxylic acids is 2. The van der Waals surface area contributed by atoms with Gasteiger partial charge in [-0.3, -0.25) is 0 Å². The molecule has 0 aliphatic carbocycles. The van der Waals surface area contributed by atoms with Gasteiger partial charge in [0, 0.05) is 28.0 Å². The molecule has 1 atom stereocenters. The second-order valence-electron chi connectivity index (χ2n) is 6.21. The number of benzene rings is 1. The average molecular weight is 393 g/mol. The zero-order valence-electron chi connectivity index (χ0n) is 15.9. The maximum Gasteiger partial charge on any atom is 0.336 e. The van der Waals surface area contributed by atoms with Gasteiger partial charge in [0.2, 0.25) is 0 Å². The zero-order valence-corrected chi connectivity index (χ0v) is 16.7. The van der Waals surface area contributed by atoms with Crippen molar-refractivity contribution < 1.29 is 23.5 Å². The standard InChI is InChI=1S/C20H24FNO4S/c1-12-17(19(23)25-4)13(2)22-14(3)18(12)20(24)26-10-5-11-27-16-8-6-15(21)7-9-16/h6-9,12,22H,5,10-11H2,1-4H3. The van der Waals surface area contributed by atoms with Gasteiger partial charge in [-0.25, -0.2) is 14.0 Å². The van der Waals surface area contributed by atoms with Crippen LogP contribution in [0, 0.1) is 11.7 Å². The van der Waals surface area contributed by atoms with E-state index in [-0.39, 0.29) is 12.4 Å². The Morgan fingerprint density at radius 2 is 1.70 bits per heavy atom. The van der Waals surface area contributed by atoms with Crippen LogP contribution in [-0.2, 0) is 19.1 Å². The number of thioether (sulfide) groups is 1. The van der Waals surface area contributed by atoms with Gasteiger partial charge >= 0.3 is 11.9 Å². The molecule has 2 rings (SSSR count). The SMILES string of the molecule is COC(=O)C1=C(C)NC(C)=C(C(=O)OCCCSc2ccc(F)cc2)C1C. The lowest BCUT2D eigenvalue weighted by molar-refractivity contribution is -0.139. The Morgan fingerprint density at radius 1 is 1.11 bits per heavy atom. The van der Waals surface area contributed by atoms with Gasteiger partial charge in [-0.05, 0) is 44.5 Å². The third-order valence-corrected chi connectivity index (χ3v) is 5.38. The van der Waals surface area contributed by atoms with Gasteiger partial charge in [0.05, 0.1) is 24.9 Å². The highest BCUT2D eigenvalue weighted by atomic mass is 32.2. The zero-order chi connectivity index (χ0) is 20.0. The molecule has 0 aromatic heterocycles. The summed E-state index contributed by atoms with van der Waals surface area (Å²) >= 11 is 1.57. The first-order chi connectivity index (χ1) is 12.8. The van der Waals surface area contributed by atoms with Crippen molar-refractivity contribution in [2.45, 2.75) is 32.1 Å². The summed E-state index contributed by atoms with van der Waals surface area (Å²) in [5.41, 5.74) is 2.23. The summed E-state index contributed by atoms with van der Waals surface area (Å²) in [4.78, 5) is 25.5. The summed E-state index contributed by atoms with van der Waals surface area (Å²) in [6, 6.07) is 6.28. The number of esters is 2. The van der Waals surface area contributed by atoms with Gasteiger partial charge in [0.25, 0.3) is 0 Å². The van der Waals surface area contributed by atoms with Crippen molar-refractivity contribution in [1.82, 2.24) is 5.32 Å². The van der Waals surface area contributed by atoms with Crippen molar-refractivity contribution in [2.75, 3.05) is 19.5 Å². The van der Waals surface area contributed by atoms with Crippen LogP contribution in [0.5, 0.6) is 0 Å². The monoisotopic (exact) mass is 393 g/mol. The third-order valence-electron chi connectivity index (χ3n) is 4.28. The van der Waals surface area contributed by atoms with Gasteiger partial charge in [-0.1, -0.05) is 6.92 Å². The Labute approximate surface area is 163 Å². The minimum atomic E-state index is -0.457. The number of hydrogen-bond donors (Lipinski definition) is 1. The molecule has 27 heavy (non-hydrogen) atoms. The second kappa shape index (κ2) is 9.60. The summed E-state index contributed by atoms with van der Waals surface area (Å²) in [5, 5.41) is 3.06. The molecule has 0 bridgehead atoms. The number of ether oxygens (including phenoxy) is 2. The summed E-state index contributed by atoms with van der Waals surface area (Å²) in [6.07, 6.45) is 0.667. The number of hydrogen-bond acceptors (Lipinski definition) is 6. The van der Waals surface area contributed by atoms with Crippen molar-refractivity contribution in [2.24, 2.45) is 5.92 Å². The number of methoxy groups -OCH3 is 1. The topological polar surface area (TPSA) is 64.6 Å². The molecule has 0 radical (unpaired) electrons.